The van der Waals surface area contributed by atoms with Crippen LogP contribution in [-0.4, -0.2) is 20.5 Å². The van der Waals surface area contributed by atoms with Crippen LogP contribution in [0.5, 0.6) is 0 Å². The van der Waals surface area contributed by atoms with Crippen molar-refractivity contribution in [3.05, 3.63) is 49.7 Å². The smallest absolute Gasteiger partial charge is 0.276 e. The molecule has 2 aliphatic rings. The molecule has 0 aromatic carbocycles. The molecular weight excluding hydrogens is 318 g/mol. The fourth-order valence-corrected chi connectivity index (χ4v) is 3.32. The van der Waals surface area contributed by atoms with Crippen molar-refractivity contribution in [3.63, 3.8) is 0 Å². The lowest BCUT2D eigenvalue weighted by molar-refractivity contribution is 0.0739. The third kappa shape index (κ3) is 2.20. The number of hydrogen-bond acceptors (Lipinski definition) is 4. The lowest BCUT2D eigenvalue weighted by Gasteiger charge is -2.13. The highest BCUT2D eigenvalue weighted by Gasteiger charge is 2.33. The highest BCUT2D eigenvalue weighted by molar-refractivity contribution is 6.31. The first-order valence-electron chi connectivity index (χ1n) is 7.60. The van der Waals surface area contributed by atoms with Gasteiger partial charge in [-0.1, -0.05) is 16.8 Å². The Hall–Kier alpha value is -2.08. The van der Waals surface area contributed by atoms with E-state index in [0.717, 1.165) is 35.4 Å². The highest BCUT2D eigenvalue weighted by atomic mass is 35.5. The van der Waals surface area contributed by atoms with Gasteiger partial charge in [0.1, 0.15) is 10.8 Å². The Kier molecular flexibility index (Phi) is 3.13. The summed E-state index contributed by atoms with van der Waals surface area (Å²) in [6.07, 6.45) is 2.19. The molecule has 7 heteroatoms. The summed E-state index contributed by atoms with van der Waals surface area (Å²) < 4.78 is 6.78. The van der Waals surface area contributed by atoms with E-state index in [4.69, 9.17) is 16.1 Å². The van der Waals surface area contributed by atoms with E-state index in [1.807, 2.05) is 6.92 Å². The first-order valence-corrected chi connectivity index (χ1v) is 7.98. The molecule has 0 N–H and O–H groups in total. The molecule has 1 saturated carbocycles. The number of fused-ring (bicyclic) bond motifs is 1. The van der Waals surface area contributed by atoms with Crippen molar-refractivity contribution in [1.29, 1.82) is 0 Å². The Morgan fingerprint density at radius 2 is 2.13 bits per heavy atom. The number of halogens is 1. The van der Waals surface area contributed by atoms with E-state index >= 15 is 0 Å². The number of carbonyl (C=O) groups excluding carboxylic acids is 1. The molecule has 0 radical (unpaired) electrons. The van der Waals surface area contributed by atoms with Crippen molar-refractivity contribution < 1.29 is 9.32 Å². The molecule has 0 atom stereocenters. The number of hydrogen-bond donors (Lipinski definition) is 0. The second kappa shape index (κ2) is 4.96. The van der Waals surface area contributed by atoms with Gasteiger partial charge in [0.05, 0.1) is 6.54 Å². The molecule has 1 aliphatic heterocycles. The molecule has 1 amide bonds. The van der Waals surface area contributed by atoms with Gasteiger partial charge in [0, 0.05) is 31.3 Å². The Labute approximate surface area is 137 Å². The number of nitrogens with zero attached hydrogens (tertiary/aromatic N) is 3. The Morgan fingerprint density at radius 3 is 2.83 bits per heavy atom. The zero-order chi connectivity index (χ0) is 16.3. The molecule has 23 heavy (non-hydrogen) atoms. The van der Waals surface area contributed by atoms with E-state index in [-0.39, 0.29) is 16.5 Å². The van der Waals surface area contributed by atoms with E-state index in [1.165, 1.54) is 4.57 Å². The summed E-state index contributed by atoms with van der Waals surface area (Å²) in [6.45, 7) is 2.63. The van der Waals surface area contributed by atoms with Gasteiger partial charge in [0.25, 0.3) is 11.5 Å². The molecule has 0 saturated heterocycles. The van der Waals surface area contributed by atoms with E-state index in [9.17, 15) is 9.59 Å². The molecule has 4 rings (SSSR count). The van der Waals surface area contributed by atoms with Crippen LogP contribution in [0.2, 0.25) is 5.02 Å². The summed E-state index contributed by atoms with van der Waals surface area (Å²) in [6, 6.07) is 1.74. The standard InChI is InChI=1S/C16H16ClN3O3/c1-8-10-6-20(7-12(10)19(2)16(22)14(8)17)15(21)11-5-13(23-18-11)9-3-4-9/h5,9H,3-4,6-7H2,1-2H3. The zero-order valence-electron chi connectivity index (χ0n) is 12.9. The maximum absolute atomic E-state index is 12.6. The average molecular weight is 334 g/mol. The normalized spacial score (nSPS) is 16.7. The van der Waals surface area contributed by atoms with Crippen LogP contribution in [0, 0.1) is 6.92 Å². The Bertz CT molecular complexity index is 879. The van der Waals surface area contributed by atoms with Gasteiger partial charge in [-0.25, -0.2) is 0 Å². The molecule has 1 aliphatic carbocycles. The number of aromatic nitrogens is 2. The van der Waals surface area contributed by atoms with Crippen molar-refractivity contribution in [2.75, 3.05) is 0 Å². The molecule has 6 nitrogen and oxygen atoms in total. The van der Waals surface area contributed by atoms with Gasteiger partial charge < -0.3 is 14.0 Å². The molecule has 1 fully saturated rings. The number of carbonyl (C=O) groups is 1. The van der Waals surface area contributed by atoms with Crippen molar-refractivity contribution in [1.82, 2.24) is 14.6 Å². The maximum Gasteiger partial charge on any atom is 0.276 e. The third-order valence-corrected chi connectivity index (χ3v) is 5.18. The van der Waals surface area contributed by atoms with E-state index in [0.29, 0.717) is 24.7 Å². The molecule has 3 heterocycles. The van der Waals surface area contributed by atoms with Crippen LogP contribution >= 0.6 is 11.6 Å². The summed E-state index contributed by atoms with van der Waals surface area (Å²) in [7, 11) is 1.68. The molecule has 120 valence electrons. The summed E-state index contributed by atoms with van der Waals surface area (Å²) in [4.78, 5) is 26.4. The van der Waals surface area contributed by atoms with Gasteiger partial charge >= 0.3 is 0 Å². The molecular formula is C16H16ClN3O3. The minimum absolute atomic E-state index is 0.181. The summed E-state index contributed by atoms with van der Waals surface area (Å²) in [5.74, 6) is 1.03. The van der Waals surface area contributed by atoms with E-state index < -0.39 is 0 Å². The second-order valence-electron chi connectivity index (χ2n) is 6.28. The quantitative estimate of drug-likeness (QED) is 0.846. The molecule has 2 aromatic rings. The molecule has 0 unspecified atom stereocenters. The Balaban J connectivity index is 1.64. The largest absolute Gasteiger partial charge is 0.360 e. The van der Waals surface area contributed by atoms with Crippen molar-refractivity contribution in [3.8, 4) is 0 Å². The first-order chi connectivity index (χ1) is 11.0. The predicted molar refractivity (Wildman–Crippen MR) is 83.5 cm³/mol. The SMILES string of the molecule is Cc1c2c(n(C)c(=O)c1Cl)CN(C(=O)c1cc(C3CC3)on1)C2. The first kappa shape index (κ1) is 14.5. The van der Waals surface area contributed by atoms with Gasteiger partial charge in [-0.15, -0.1) is 0 Å². The van der Waals surface area contributed by atoms with Crippen LogP contribution in [0.4, 0.5) is 0 Å². The zero-order valence-corrected chi connectivity index (χ0v) is 13.7. The van der Waals surface area contributed by atoms with Crippen molar-refractivity contribution in [2.24, 2.45) is 7.05 Å². The Morgan fingerprint density at radius 1 is 1.39 bits per heavy atom. The van der Waals surface area contributed by atoms with Gasteiger partial charge in [-0.3, -0.25) is 9.59 Å². The minimum Gasteiger partial charge on any atom is -0.360 e. The topological polar surface area (TPSA) is 68.3 Å². The molecule has 0 spiro atoms. The molecule has 2 aromatic heterocycles. The van der Waals surface area contributed by atoms with Crippen molar-refractivity contribution in [2.45, 2.75) is 38.8 Å². The van der Waals surface area contributed by atoms with Gasteiger partial charge in [-0.2, -0.15) is 0 Å². The summed E-state index contributed by atoms with van der Waals surface area (Å²) >= 11 is 6.09. The van der Waals surface area contributed by atoms with Gasteiger partial charge in [0.2, 0.25) is 0 Å². The monoisotopic (exact) mass is 333 g/mol. The lowest BCUT2D eigenvalue weighted by Crippen LogP contribution is -2.26. The molecule has 0 bridgehead atoms. The lowest BCUT2D eigenvalue weighted by atomic mass is 10.1. The van der Waals surface area contributed by atoms with Crippen LogP contribution in [-0.2, 0) is 20.1 Å². The predicted octanol–water partition coefficient (Wildman–Crippen LogP) is 2.37. The van der Waals surface area contributed by atoms with Crippen LogP contribution in [0.15, 0.2) is 15.4 Å². The average Bonchev–Trinajstić information content (AvgIpc) is 3.12. The summed E-state index contributed by atoms with van der Waals surface area (Å²) in [5, 5.41) is 4.12. The van der Waals surface area contributed by atoms with Crippen LogP contribution < -0.4 is 5.56 Å². The number of amides is 1. The van der Waals surface area contributed by atoms with Gasteiger partial charge in [0.15, 0.2) is 5.69 Å². The van der Waals surface area contributed by atoms with Crippen LogP contribution in [0.1, 0.15) is 51.8 Å². The minimum atomic E-state index is -0.227. The van der Waals surface area contributed by atoms with Crippen LogP contribution in [0.3, 0.4) is 0 Å². The number of pyridine rings is 1. The highest BCUT2D eigenvalue weighted by Crippen LogP contribution is 2.40. The fraction of sp³-hybridized carbons (Fsp3) is 0.438. The number of rotatable bonds is 2. The third-order valence-electron chi connectivity index (χ3n) is 4.73. The maximum atomic E-state index is 12.6. The fourth-order valence-electron chi connectivity index (χ4n) is 3.08. The second-order valence-corrected chi connectivity index (χ2v) is 6.66. The van der Waals surface area contributed by atoms with Gasteiger partial charge in [-0.05, 0) is 30.9 Å². The van der Waals surface area contributed by atoms with Crippen LogP contribution in [0.25, 0.3) is 0 Å². The van der Waals surface area contributed by atoms with E-state index in [1.54, 1.807) is 18.0 Å². The summed E-state index contributed by atoms with van der Waals surface area (Å²) in [5.41, 5.74) is 2.62. The van der Waals surface area contributed by atoms with Crippen molar-refractivity contribution >= 4 is 17.5 Å². The van der Waals surface area contributed by atoms with E-state index in [2.05, 4.69) is 5.16 Å².